The topological polar surface area (TPSA) is 61.2 Å². The van der Waals surface area contributed by atoms with E-state index in [-0.39, 0.29) is 27.4 Å². The van der Waals surface area contributed by atoms with E-state index in [0.29, 0.717) is 10.6 Å². The van der Waals surface area contributed by atoms with Crippen LogP contribution in [0, 0.1) is 13.8 Å². The highest BCUT2D eigenvalue weighted by Crippen LogP contribution is 2.35. The minimum absolute atomic E-state index is 0.0132. The van der Waals surface area contributed by atoms with Crippen LogP contribution in [0.15, 0.2) is 17.0 Å². The first-order chi connectivity index (χ1) is 10.5. The summed E-state index contributed by atoms with van der Waals surface area (Å²) in [6.45, 7) is 7.22. The molecule has 8 heteroatoms. The fourth-order valence-electron chi connectivity index (χ4n) is 2.25. The predicted octanol–water partition coefficient (Wildman–Crippen LogP) is 4.23. The Labute approximate surface area is 146 Å². The molecule has 0 N–H and O–H groups in total. The SMILES string of the molecule is Cc1cc(OS(=O)(=O)c2c(C)nn(C)c2Cl)c(C(C)C)cc1Cl. The number of halogens is 2. The number of rotatable bonds is 4. The summed E-state index contributed by atoms with van der Waals surface area (Å²) in [5.41, 5.74) is 1.73. The van der Waals surface area contributed by atoms with Crippen molar-refractivity contribution in [3.63, 3.8) is 0 Å². The van der Waals surface area contributed by atoms with Crippen LogP contribution in [0.25, 0.3) is 0 Å². The van der Waals surface area contributed by atoms with Gasteiger partial charge in [-0.2, -0.15) is 13.5 Å². The number of hydrogen-bond donors (Lipinski definition) is 0. The summed E-state index contributed by atoms with van der Waals surface area (Å²) >= 11 is 12.2. The number of hydrogen-bond acceptors (Lipinski definition) is 4. The van der Waals surface area contributed by atoms with Crippen LogP contribution in [0.1, 0.15) is 36.6 Å². The first-order valence-corrected chi connectivity index (χ1v) is 9.14. The standard InChI is InChI=1S/C15H18Cl2N2O3S/c1-8(2)11-7-12(16)9(3)6-13(11)22-23(20,21)14-10(4)18-19(5)15(14)17/h6-8H,1-5H3. The molecule has 126 valence electrons. The summed E-state index contributed by atoms with van der Waals surface area (Å²) in [7, 11) is -2.53. The molecule has 5 nitrogen and oxygen atoms in total. The molecule has 1 aromatic carbocycles. The highest BCUT2D eigenvalue weighted by Gasteiger charge is 2.28. The van der Waals surface area contributed by atoms with Crippen LogP contribution in [-0.2, 0) is 17.2 Å². The van der Waals surface area contributed by atoms with E-state index >= 15 is 0 Å². The molecule has 0 atom stereocenters. The second kappa shape index (κ2) is 6.34. The zero-order valence-electron chi connectivity index (χ0n) is 13.5. The van der Waals surface area contributed by atoms with E-state index in [1.54, 1.807) is 33.0 Å². The minimum atomic E-state index is -4.10. The molecule has 23 heavy (non-hydrogen) atoms. The Bertz CT molecular complexity index is 858. The lowest BCUT2D eigenvalue weighted by atomic mass is 10.0. The van der Waals surface area contributed by atoms with E-state index in [9.17, 15) is 8.42 Å². The molecule has 0 saturated carbocycles. The molecule has 0 aliphatic rings. The average molecular weight is 377 g/mol. The normalized spacial score (nSPS) is 12.0. The van der Waals surface area contributed by atoms with Crippen molar-refractivity contribution in [2.24, 2.45) is 7.05 Å². The van der Waals surface area contributed by atoms with Crippen LogP contribution in [-0.4, -0.2) is 18.2 Å². The van der Waals surface area contributed by atoms with Gasteiger partial charge in [0.05, 0.1) is 5.69 Å². The highest BCUT2D eigenvalue weighted by atomic mass is 35.5. The van der Waals surface area contributed by atoms with Crippen molar-refractivity contribution < 1.29 is 12.6 Å². The van der Waals surface area contributed by atoms with Crippen LogP contribution in [0.5, 0.6) is 5.75 Å². The molecule has 0 aliphatic carbocycles. The van der Waals surface area contributed by atoms with E-state index in [1.807, 2.05) is 13.8 Å². The maximum atomic E-state index is 12.6. The Morgan fingerprint density at radius 2 is 1.83 bits per heavy atom. The van der Waals surface area contributed by atoms with E-state index in [4.69, 9.17) is 27.4 Å². The predicted molar refractivity (Wildman–Crippen MR) is 91.0 cm³/mol. The summed E-state index contributed by atoms with van der Waals surface area (Å²) in [6.07, 6.45) is 0. The second-order valence-electron chi connectivity index (χ2n) is 5.66. The molecular weight excluding hydrogens is 359 g/mol. The quantitative estimate of drug-likeness (QED) is 0.748. The third-order valence-electron chi connectivity index (χ3n) is 3.46. The van der Waals surface area contributed by atoms with Gasteiger partial charge in [-0.3, -0.25) is 4.68 Å². The summed E-state index contributed by atoms with van der Waals surface area (Å²) in [5, 5.41) is 4.59. The number of aromatic nitrogens is 2. The van der Waals surface area contributed by atoms with Gasteiger partial charge < -0.3 is 4.18 Å². The monoisotopic (exact) mass is 376 g/mol. The molecule has 0 fully saturated rings. The van der Waals surface area contributed by atoms with Gasteiger partial charge in [0.2, 0.25) is 0 Å². The van der Waals surface area contributed by atoms with Crippen molar-refractivity contribution in [1.82, 2.24) is 9.78 Å². The molecule has 0 amide bonds. The first-order valence-electron chi connectivity index (χ1n) is 6.98. The van der Waals surface area contributed by atoms with Gasteiger partial charge in [-0.1, -0.05) is 37.0 Å². The molecular formula is C15H18Cl2N2O3S. The Balaban J connectivity index is 2.56. The van der Waals surface area contributed by atoms with Crippen molar-refractivity contribution in [2.45, 2.75) is 38.5 Å². The van der Waals surface area contributed by atoms with Crippen LogP contribution >= 0.6 is 23.2 Å². The molecule has 1 aromatic heterocycles. The van der Waals surface area contributed by atoms with E-state index in [1.165, 1.54) is 4.68 Å². The first kappa shape index (κ1) is 18.1. The lowest BCUT2D eigenvalue weighted by Crippen LogP contribution is -2.13. The zero-order chi connectivity index (χ0) is 17.5. The summed E-state index contributed by atoms with van der Waals surface area (Å²) in [4.78, 5) is -0.121. The van der Waals surface area contributed by atoms with Gasteiger partial charge in [0.15, 0.2) is 4.90 Å². The van der Waals surface area contributed by atoms with Crippen molar-refractivity contribution in [3.8, 4) is 5.75 Å². The van der Waals surface area contributed by atoms with Crippen molar-refractivity contribution in [3.05, 3.63) is 39.1 Å². The molecule has 0 unspecified atom stereocenters. The largest absolute Gasteiger partial charge is 0.379 e. The Kier molecular flexibility index (Phi) is 4.99. The highest BCUT2D eigenvalue weighted by molar-refractivity contribution is 7.87. The Morgan fingerprint density at radius 3 is 2.30 bits per heavy atom. The minimum Gasteiger partial charge on any atom is -0.379 e. The summed E-state index contributed by atoms with van der Waals surface area (Å²) < 4.78 is 31.9. The summed E-state index contributed by atoms with van der Waals surface area (Å²) in [6, 6.07) is 3.35. The molecule has 0 saturated heterocycles. The van der Waals surface area contributed by atoms with Gasteiger partial charge in [0.25, 0.3) is 0 Å². The van der Waals surface area contributed by atoms with Crippen LogP contribution in [0.3, 0.4) is 0 Å². The molecule has 0 radical (unpaired) electrons. The average Bonchev–Trinajstić information content (AvgIpc) is 2.67. The maximum absolute atomic E-state index is 12.6. The van der Waals surface area contributed by atoms with Gasteiger partial charge in [0, 0.05) is 12.1 Å². The Hall–Kier alpha value is -1.24. The van der Waals surface area contributed by atoms with Gasteiger partial charge in [-0.15, -0.1) is 0 Å². The molecule has 0 spiro atoms. The van der Waals surface area contributed by atoms with Gasteiger partial charge in [-0.05, 0) is 43.0 Å². The van der Waals surface area contributed by atoms with E-state index in [2.05, 4.69) is 5.10 Å². The molecule has 2 aromatic rings. The molecule has 2 rings (SSSR count). The van der Waals surface area contributed by atoms with Crippen LogP contribution in [0.4, 0.5) is 0 Å². The van der Waals surface area contributed by atoms with Crippen LogP contribution < -0.4 is 4.18 Å². The van der Waals surface area contributed by atoms with Gasteiger partial charge in [-0.25, -0.2) is 0 Å². The smallest absolute Gasteiger partial charge is 0.344 e. The third kappa shape index (κ3) is 3.49. The lowest BCUT2D eigenvalue weighted by molar-refractivity contribution is 0.480. The lowest BCUT2D eigenvalue weighted by Gasteiger charge is -2.15. The van der Waals surface area contributed by atoms with Crippen molar-refractivity contribution >= 4 is 33.3 Å². The molecule has 0 aliphatic heterocycles. The molecule has 0 bridgehead atoms. The van der Waals surface area contributed by atoms with Gasteiger partial charge >= 0.3 is 10.1 Å². The van der Waals surface area contributed by atoms with Crippen LogP contribution in [0.2, 0.25) is 10.2 Å². The fraction of sp³-hybridized carbons (Fsp3) is 0.400. The third-order valence-corrected chi connectivity index (χ3v) is 5.80. The fourth-order valence-corrected chi connectivity index (χ4v) is 4.08. The summed E-state index contributed by atoms with van der Waals surface area (Å²) in [5.74, 6) is 0.296. The Morgan fingerprint density at radius 1 is 1.22 bits per heavy atom. The maximum Gasteiger partial charge on any atom is 0.344 e. The number of nitrogens with zero attached hydrogens (tertiary/aromatic N) is 2. The molecule has 1 heterocycles. The van der Waals surface area contributed by atoms with Crippen molar-refractivity contribution in [2.75, 3.05) is 0 Å². The number of aryl methyl sites for hydroxylation is 3. The van der Waals surface area contributed by atoms with E-state index in [0.717, 1.165) is 5.56 Å². The zero-order valence-corrected chi connectivity index (χ0v) is 15.8. The van der Waals surface area contributed by atoms with Crippen molar-refractivity contribution in [1.29, 1.82) is 0 Å². The van der Waals surface area contributed by atoms with Gasteiger partial charge in [0.1, 0.15) is 10.9 Å². The number of benzene rings is 1. The second-order valence-corrected chi connectivity index (χ2v) is 7.91. The van der Waals surface area contributed by atoms with E-state index < -0.39 is 10.1 Å².